The summed E-state index contributed by atoms with van der Waals surface area (Å²) in [6.07, 6.45) is 6.29. The molecule has 2 aliphatic heterocycles. The summed E-state index contributed by atoms with van der Waals surface area (Å²) in [5, 5.41) is 10.5. The van der Waals surface area contributed by atoms with Crippen molar-refractivity contribution in [3.8, 4) is 5.75 Å². The maximum Gasteiger partial charge on any atom is 0.257 e. The molecule has 2 unspecified atom stereocenters. The Bertz CT molecular complexity index is 641. The zero-order valence-corrected chi connectivity index (χ0v) is 15.4. The van der Waals surface area contributed by atoms with Crippen LogP contribution in [0.25, 0.3) is 0 Å². The molecule has 0 spiro atoms. The molecule has 4 bridgehead atoms. The lowest BCUT2D eigenvalue weighted by atomic mass is 9.68. The molecule has 4 fully saturated rings. The van der Waals surface area contributed by atoms with Gasteiger partial charge in [-0.25, -0.2) is 0 Å². The minimum atomic E-state index is 0.0294. The first-order valence-corrected chi connectivity index (χ1v) is 9.97. The molecule has 1 aromatic rings. The molecule has 4 aliphatic rings. The number of benzene rings is 1. The van der Waals surface area contributed by atoms with Gasteiger partial charge in [0.25, 0.3) is 5.91 Å². The minimum absolute atomic E-state index is 0.0294. The molecular weight excluding hydrogens is 312 g/mol. The van der Waals surface area contributed by atoms with Gasteiger partial charge in [-0.1, -0.05) is 0 Å². The fraction of sp³-hybridized carbons (Fsp3) is 0.667. The number of aromatic hydroxyl groups is 1. The van der Waals surface area contributed by atoms with E-state index in [0.717, 1.165) is 50.0 Å². The lowest BCUT2D eigenvalue weighted by molar-refractivity contribution is 0.0630. The zero-order chi connectivity index (χ0) is 17.6. The van der Waals surface area contributed by atoms with Gasteiger partial charge >= 0.3 is 0 Å². The van der Waals surface area contributed by atoms with Gasteiger partial charge in [0.1, 0.15) is 5.75 Å². The molecule has 2 saturated heterocycles. The number of amides is 1. The molecule has 4 nitrogen and oxygen atoms in total. The van der Waals surface area contributed by atoms with E-state index in [1.165, 1.54) is 19.3 Å². The quantitative estimate of drug-likeness (QED) is 0.903. The molecule has 1 N–H and O–H groups in total. The molecule has 2 saturated carbocycles. The van der Waals surface area contributed by atoms with E-state index < -0.39 is 0 Å². The van der Waals surface area contributed by atoms with E-state index in [-0.39, 0.29) is 11.7 Å². The first-order chi connectivity index (χ1) is 12.1. The van der Waals surface area contributed by atoms with Crippen LogP contribution in [0.2, 0.25) is 0 Å². The number of phenols is 1. The molecule has 2 atom stereocenters. The van der Waals surface area contributed by atoms with Crippen LogP contribution in [-0.2, 0) is 0 Å². The van der Waals surface area contributed by atoms with Crippen molar-refractivity contribution in [1.29, 1.82) is 0 Å². The van der Waals surface area contributed by atoms with Gasteiger partial charge in [0, 0.05) is 37.4 Å². The van der Waals surface area contributed by atoms with Crippen molar-refractivity contribution >= 4 is 11.6 Å². The predicted octanol–water partition coefficient (Wildman–Crippen LogP) is 3.89. The Morgan fingerprint density at radius 1 is 1.08 bits per heavy atom. The van der Waals surface area contributed by atoms with Crippen LogP contribution in [0.15, 0.2) is 18.2 Å². The van der Waals surface area contributed by atoms with E-state index in [0.29, 0.717) is 17.5 Å². The Kier molecular flexibility index (Phi) is 4.38. The van der Waals surface area contributed by atoms with Crippen molar-refractivity contribution in [2.75, 3.05) is 24.5 Å². The van der Waals surface area contributed by atoms with Crippen LogP contribution in [0.4, 0.5) is 5.69 Å². The second-order valence-electron chi connectivity index (χ2n) is 8.26. The van der Waals surface area contributed by atoms with Gasteiger partial charge in [0.2, 0.25) is 0 Å². The highest BCUT2D eigenvalue weighted by molar-refractivity contribution is 5.97. The highest BCUT2D eigenvalue weighted by Gasteiger charge is 2.44. The number of carbonyl (C=O) groups excluding carboxylic acids is 1. The number of anilines is 1. The van der Waals surface area contributed by atoms with Crippen molar-refractivity contribution in [3.63, 3.8) is 0 Å². The fourth-order valence-corrected chi connectivity index (χ4v) is 5.67. The third-order valence-corrected chi connectivity index (χ3v) is 6.71. The van der Waals surface area contributed by atoms with Crippen LogP contribution in [-0.4, -0.2) is 41.6 Å². The number of fused-ring (bicyclic) bond motifs is 1. The average Bonchev–Trinajstić information content (AvgIpc) is 2.79. The van der Waals surface area contributed by atoms with Gasteiger partial charge in [-0.05, 0) is 75.8 Å². The lowest BCUT2D eigenvalue weighted by Crippen LogP contribution is -2.42. The molecular formula is C21H30N2O2. The van der Waals surface area contributed by atoms with E-state index in [2.05, 4.69) is 23.6 Å². The molecule has 4 heteroatoms. The van der Waals surface area contributed by atoms with Crippen LogP contribution in [0.5, 0.6) is 5.75 Å². The molecule has 1 amide bonds. The van der Waals surface area contributed by atoms with E-state index in [1.54, 1.807) is 6.07 Å². The summed E-state index contributed by atoms with van der Waals surface area (Å²) < 4.78 is 0. The Labute approximate surface area is 150 Å². The number of phenolic OH excluding ortho intramolecular Hbond substituents is 1. The van der Waals surface area contributed by atoms with Gasteiger partial charge < -0.3 is 14.9 Å². The smallest absolute Gasteiger partial charge is 0.257 e. The van der Waals surface area contributed by atoms with Crippen molar-refractivity contribution in [1.82, 2.24) is 4.90 Å². The SMILES string of the molecule is CCN(CC)c1ccc(C(=O)N2CC3CC4CC(C3)CC2C4)c(O)c1. The topological polar surface area (TPSA) is 43.8 Å². The highest BCUT2D eigenvalue weighted by Crippen LogP contribution is 2.48. The van der Waals surface area contributed by atoms with Crippen molar-refractivity contribution in [2.45, 2.75) is 52.0 Å². The summed E-state index contributed by atoms with van der Waals surface area (Å²) >= 11 is 0. The van der Waals surface area contributed by atoms with Crippen LogP contribution >= 0.6 is 0 Å². The number of rotatable bonds is 4. The third-order valence-electron chi connectivity index (χ3n) is 6.71. The second kappa shape index (κ2) is 6.54. The van der Waals surface area contributed by atoms with Crippen molar-refractivity contribution in [2.24, 2.45) is 17.8 Å². The first kappa shape index (κ1) is 16.7. The van der Waals surface area contributed by atoms with Crippen LogP contribution < -0.4 is 4.90 Å². The van der Waals surface area contributed by atoms with Gasteiger partial charge in [0.05, 0.1) is 5.56 Å². The van der Waals surface area contributed by atoms with E-state index in [9.17, 15) is 9.90 Å². The van der Waals surface area contributed by atoms with Crippen LogP contribution in [0.3, 0.4) is 0 Å². The predicted molar refractivity (Wildman–Crippen MR) is 100 cm³/mol. The van der Waals surface area contributed by atoms with Gasteiger partial charge in [-0.2, -0.15) is 0 Å². The van der Waals surface area contributed by atoms with Gasteiger partial charge in [-0.15, -0.1) is 0 Å². The van der Waals surface area contributed by atoms with Crippen molar-refractivity contribution in [3.05, 3.63) is 23.8 Å². The van der Waals surface area contributed by atoms with Crippen molar-refractivity contribution < 1.29 is 9.90 Å². The molecule has 2 heterocycles. The van der Waals surface area contributed by atoms with Crippen LogP contribution in [0.1, 0.15) is 56.3 Å². The van der Waals surface area contributed by atoms with Crippen LogP contribution in [0, 0.1) is 17.8 Å². The standard InChI is InChI=1S/C21H30N2O2/c1-3-22(4-2)17-5-6-19(20(24)12-17)21(25)23-13-16-8-14-7-15(9-16)11-18(23)10-14/h5-6,12,14-16,18,24H,3-4,7-11,13H2,1-2H3. The zero-order valence-electron chi connectivity index (χ0n) is 15.4. The highest BCUT2D eigenvalue weighted by atomic mass is 16.3. The molecule has 0 radical (unpaired) electrons. The molecule has 136 valence electrons. The molecule has 1 aromatic carbocycles. The second-order valence-corrected chi connectivity index (χ2v) is 8.26. The average molecular weight is 342 g/mol. The molecule has 0 aromatic heterocycles. The van der Waals surface area contributed by atoms with E-state index in [1.807, 2.05) is 12.1 Å². The summed E-state index contributed by atoms with van der Waals surface area (Å²) in [7, 11) is 0. The Balaban J connectivity index is 1.58. The Morgan fingerprint density at radius 3 is 2.32 bits per heavy atom. The Hall–Kier alpha value is -1.71. The number of hydrogen-bond donors (Lipinski definition) is 1. The third kappa shape index (κ3) is 3.00. The normalized spacial score (nSPS) is 30.4. The van der Waals surface area contributed by atoms with Gasteiger partial charge in [-0.3, -0.25) is 4.79 Å². The lowest BCUT2D eigenvalue weighted by Gasteiger charge is -2.39. The first-order valence-electron chi connectivity index (χ1n) is 9.97. The summed E-state index contributed by atoms with van der Waals surface area (Å²) in [4.78, 5) is 17.5. The molecule has 5 rings (SSSR count). The van der Waals surface area contributed by atoms with Gasteiger partial charge in [0.15, 0.2) is 0 Å². The van der Waals surface area contributed by atoms with E-state index in [4.69, 9.17) is 0 Å². The van der Waals surface area contributed by atoms with E-state index >= 15 is 0 Å². The minimum Gasteiger partial charge on any atom is -0.507 e. The summed E-state index contributed by atoms with van der Waals surface area (Å²) in [5.41, 5.74) is 1.45. The fourth-order valence-electron chi connectivity index (χ4n) is 5.67. The largest absolute Gasteiger partial charge is 0.507 e. The summed E-state index contributed by atoms with van der Waals surface area (Å²) in [6, 6.07) is 5.93. The summed E-state index contributed by atoms with van der Waals surface area (Å²) in [6.45, 7) is 6.86. The molecule has 25 heavy (non-hydrogen) atoms. The number of nitrogens with zero attached hydrogens (tertiary/aromatic N) is 2. The maximum atomic E-state index is 13.2. The molecule has 2 aliphatic carbocycles. The summed E-state index contributed by atoms with van der Waals surface area (Å²) in [5.74, 6) is 2.45. The monoisotopic (exact) mass is 342 g/mol. The number of carbonyl (C=O) groups is 1. The maximum absolute atomic E-state index is 13.2. The Morgan fingerprint density at radius 2 is 1.72 bits per heavy atom. The number of hydrogen-bond acceptors (Lipinski definition) is 3.